The molecule has 0 spiro atoms. The summed E-state index contributed by atoms with van der Waals surface area (Å²) in [5.41, 5.74) is -0.248. The number of ether oxygens (including phenoxy) is 2. The number of carbonyl (C=O) groups is 4. The van der Waals surface area contributed by atoms with Crippen molar-refractivity contribution in [2.45, 2.75) is 71.4 Å². The third kappa shape index (κ3) is 6.57. The van der Waals surface area contributed by atoms with Gasteiger partial charge in [-0.1, -0.05) is 0 Å². The van der Waals surface area contributed by atoms with Crippen molar-refractivity contribution in [1.29, 1.82) is 0 Å². The SMILES string of the molecule is CCO[C@@H]1OC(=O)C[C@@H]1NC(=O)[C@@H]1CCCN1C(=O)C(NC(=O)c1ccc([AsH2])c(Cl)c1)C(C)(C)C. The molecule has 2 aliphatic rings. The first-order valence-electron chi connectivity index (χ1n) is 11.7. The van der Waals surface area contributed by atoms with Crippen molar-refractivity contribution in [3.05, 3.63) is 28.8 Å². The average Bonchev–Trinajstić information content (AvgIpc) is 3.39. The van der Waals surface area contributed by atoms with Gasteiger partial charge in [-0.3, -0.25) is 4.79 Å². The topological polar surface area (TPSA) is 114 Å². The average molecular weight is 570 g/mol. The molecule has 192 valence electrons. The molecule has 0 radical (unpaired) electrons. The first-order chi connectivity index (χ1) is 16.4. The number of esters is 1. The minimum absolute atomic E-state index is 0.0119. The van der Waals surface area contributed by atoms with Gasteiger partial charge in [0.1, 0.15) is 6.04 Å². The third-order valence-corrected chi connectivity index (χ3v) is 7.88. The number of benzene rings is 1. The van der Waals surface area contributed by atoms with E-state index in [1.54, 1.807) is 25.1 Å². The van der Waals surface area contributed by atoms with Crippen LogP contribution in [0.15, 0.2) is 18.2 Å². The summed E-state index contributed by atoms with van der Waals surface area (Å²) in [7, 11) is 0. The van der Waals surface area contributed by atoms with Gasteiger partial charge in [-0.05, 0) is 6.92 Å². The Morgan fingerprint density at radius 1 is 1.31 bits per heavy atom. The zero-order valence-electron chi connectivity index (χ0n) is 20.4. The molecule has 2 heterocycles. The number of hydrogen-bond donors (Lipinski definition) is 2. The van der Waals surface area contributed by atoms with Crippen molar-refractivity contribution in [2.75, 3.05) is 13.2 Å². The van der Waals surface area contributed by atoms with Crippen molar-refractivity contribution in [2.24, 2.45) is 5.41 Å². The number of hydrogen-bond acceptors (Lipinski definition) is 6. The maximum atomic E-state index is 13.7. The van der Waals surface area contributed by atoms with E-state index in [1.807, 2.05) is 20.8 Å². The number of cyclic esters (lactones) is 1. The molecule has 1 aromatic rings. The van der Waals surface area contributed by atoms with E-state index in [0.29, 0.717) is 36.6 Å². The van der Waals surface area contributed by atoms with Gasteiger partial charge in [0, 0.05) is 6.61 Å². The molecule has 2 N–H and O–H groups in total. The Balaban J connectivity index is 1.74. The molecule has 9 nitrogen and oxygen atoms in total. The second-order valence-corrected chi connectivity index (χ2v) is 11.5. The van der Waals surface area contributed by atoms with E-state index in [0.717, 1.165) is 4.35 Å². The quantitative estimate of drug-likeness (QED) is 0.366. The first-order valence-corrected chi connectivity index (χ1v) is 13.3. The summed E-state index contributed by atoms with van der Waals surface area (Å²) in [6, 6.07) is 2.86. The van der Waals surface area contributed by atoms with E-state index in [9.17, 15) is 19.2 Å². The van der Waals surface area contributed by atoms with Crippen LogP contribution in [0.4, 0.5) is 0 Å². The van der Waals surface area contributed by atoms with Gasteiger partial charge in [0.15, 0.2) is 0 Å². The van der Waals surface area contributed by atoms with E-state index in [4.69, 9.17) is 21.1 Å². The summed E-state index contributed by atoms with van der Waals surface area (Å²) in [6.07, 6.45) is 0.307. The second-order valence-electron chi connectivity index (χ2n) is 9.83. The molecule has 2 aliphatic heterocycles. The number of carbonyl (C=O) groups excluding carboxylic acids is 4. The molecule has 2 saturated heterocycles. The molecule has 0 saturated carbocycles. The number of nitrogens with zero attached hydrogens (tertiary/aromatic N) is 1. The Bertz CT molecular complexity index is 998. The summed E-state index contributed by atoms with van der Waals surface area (Å²) >= 11 is 7.55. The van der Waals surface area contributed by atoms with Crippen LogP contribution in [0.25, 0.3) is 0 Å². The van der Waals surface area contributed by atoms with Crippen molar-refractivity contribution >= 4 is 56.5 Å². The molecule has 0 aromatic heterocycles. The fourth-order valence-corrected chi connectivity index (χ4v) is 4.81. The Morgan fingerprint density at radius 3 is 2.66 bits per heavy atom. The number of rotatable bonds is 7. The third-order valence-electron chi connectivity index (χ3n) is 6.11. The molecule has 35 heavy (non-hydrogen) atoms. The van der Waals surface area contributed by atoms with Crippen molar-refractivity contribution < 1.29 is 28.7 Å². The Labute approximate surface area is 219 Å². The molecule has 0 bridgehead atoms. The van der Waals surface area contributed by atoms with Crippen LogP contribution < -0.4 is 15.0 Å². The van der Waals surface area contributed by atoms with Crippen LogP contribution in [-0.4, -0.2) is 83.0 Å². The normalized spacial score (nSPS) is 23.1. The number of halogens is 1. The van der Waals surface area contributed by atoms with E-state index in [-0.39, 0.29) is 18.2 Å². The Hall–Kier alpha value is -2.09. The number of likely N-dealkylation sites (tertiary alicyclic amines) is 1. The fourth-order valence-electron chi connectivity index (χ4n) is 4.25. The Kier molecular flexibility index (Phi) is 8.89. The van der Waals surface area contributed by atoms with Crippen molar-refractivity contribution in [3.63, 3.8) is 0 Å². The van der Waals surface area contributed by atoms with Crippen LogP contribution in [0, 0.1) is 5.41 Å². The van der Waals surface area contributed by atoms with Gasteiger partial charge in [0.05, 0.1) is 6.42 Å². The predicted octanol–water partition coefficient (Wildman–Crippen LogP) is 0.528. The molecule has 3 rings (SSSR count). The Morgan fingerprint density at radius 2 is 2.03 bits per heavy atom. The van der Waals surface area contributed by atoms with Crippen molar-refractivity contribution in [1.82, 2.24) is 15.5 Å². The minimum atomic E-state index is -0.861. The van der Waals surface area contributed by atoms with Crippen molar-refractivity contribution in [3.8, 4) is 0 Å². The van der Waals surface area contributed by atoms with Gasteiger partial charge in [-0.25, -0.2) is 0 Å². The van der Waals surface area contributed by atoms with Gasteiger partial charge >= 0.3 is 173 Å². The van der Waals surface area contributed by atoms with Crippen LogP contribution in [0.2, 0.25) is 5.02 Å². The van der Waals surface area contributed by atoms with E-state index in [2.05, 4.69) is 10.6 Å². The molecule has 0 aliphatic carbocycles. The molecule has 3 amide bonds. The monoisotopic (exact) mass is 569 g/mol. The second kappa shape index (κ2) is 11.3. The fraction of sp³-hybridized carbons (Fsp3) is 0.583. The molecular weight excluding hydrogens is 537 g/mol. The molecule has 1 aromatic carbocycles. The summed E-state index contributed by atoms with van der Waals surface area (Å²) in [6.45, 7) is 8.08. The molecule has 5 atom stereocenters. The summed E-state index contributed by atoms with van der Waals surface area (Å²) in [5, 5.41) is 6.17. The van der Waals surface area contributed by atoms with Crippen LogP contribution in [0.5, 0.6) is 0 Å². The molecule has 11 heteroatoms. The van der Waals surface area contributed by atoms with Crippen LogP contribution in [-0.2, 0) is 23.9 Å². The van der Waals surface area contributed by atoms with Gasteiger partial charge in [0.2, 0.25) is 6.29 Å². The molecule has 2 unspecified atom stereocenters. The van der Waals surface area contributed by atoms with E-state index < -0.39 is 41.7 Å². The van der Waals surface area contributed by atoms with Gasteiger partial charge in [0.25, 0.3) is 0 Å². The first kappa shape index (κ1) is 27.5. The molecule has 2 fully saturated rings. The van der Waals surface area contributed by atoms with E-state index >= 15 is 0 Å². The number of nitrogens with one attached hydrogen (secondary N) is 2. The number of amides is 3. The summed E-state index contributed by atoms with van der Waals surface area (Å²) in [5.74, 6) is -1.55. The van der Waals surface area contributed by atoms with Crippen LogP contribution in [0.3, 0.4) is 0 Å². The summed E-state index contributed by atoms with van der Waals surface area (Å²) in [4.78, 5) is 53.0. The van der Waals surface area contributed by atoms with Gasteiger partial charge in [-0.15, -0.1) is 0 Å². The zero-order chi connectivity index (χ0) is 25.9. The van der Waals surface area contributed by atoms with Crippen LogP contribution in [0.1, 0.15) is 57.3 Å². The maximum absolute atomic E-state index is 13.7. The molecular formula is C24H33AsClN3O6. The van der Waals surface area contributed by atoms with Gasteiger partial charge < -0.3 is 9.47 Å². The van der Waals surface area contributed by atoms with Gasteiger partial charge in [-0.2, -0.15) is 0 Å². The predicted molar refractivity (Wildman–Crippen MR) is 133 cm³/mol. The van der Waals surface area contributed by atoms with E-state index in [1.165, 1.54) is 21.8 Å². The van der Waals surface area contributed by atoms with Crippen LogP contribution >= 0.6 is 11.6 Å². The standard InChI is InChI=1S/C24H33AsClN3O6/c1-5-34-23-16(12-18(30)35-23)27-21(32)17-7-6-10-29(17)22(33)19(24(2,3)4)28-20(31)13-8-9-14(25)15(26)11-13/h8-9,11,16-17,19,23H,5-7,10,12,25H2,1-4H3,(H,27,32)(H,28,31)/t16-,17-,19?,23+/m0/s1. The zero-order valence-corrected chi connectivity index (χ0v) is 23.6. The summed E-state index contributed by atoms with van der Waals surface area (Å²) < 4.78 is 11.4.